The summed E-state index contributed by atoms with van der Waals surface area (Å²) in [6, 6.07) is 25.1. The Bertz CT molecular complexity index is 1360. The molecule has 1 aliphatic rings. The predicted molar refractivity (Wildman–Crippen MR) is 133 cm³/mol. The fourth-order valence-electron chi connectivity index (χ4n) is 4.18. The zero-order valence-electron chi connectivity index (χ0n) is 19.6. The Hall–Kier alpha value is -4.39. The molecule has 3 aromatic carbocycles. The first-order chi connectivity index (χ1) is 17.1. The van der Waals surface area contributed by atoms with Gasteiger partial charge in [0.25, 0.3) is 0 Å². The molecule has 5 rings (SSSR count). The Morgan fingerprint density at radius 1 is 0.943 bits per heavy atom. The molecule has 35 heavy (non-hydrogen) atoms. The van der Waals surface area contributed by atoms with Gasteiger partial charge in [-0.15, -0.1) is 0 Å². The number of carbonyl (C=O) groups is 1. The van der Waals surface area contributed by atoms with E-state index in [1.54, 1.807) is 4.68 Å². The van der Waals surface area contributed by atoms with E-state index >= 15 is 0 Å². The van der Waals surface area contributed by atoms with Crippen LogP contribution in [-0.4, -0.2) is 20.7 Å². The number of allylic oxidation sites excluding steroid dienone is 1. The number of anilines is 1. The summed E-state index contributed by atoms with van der Waals surface area (Å²) in [5, 5.41) is 7.54. The summed E-state index contributed by atoms with van der Waals surface area (Å²) in [6.07, 6.45) is 1.47. The van der Waals surface area contributed by atoms with Gasteiger partial charge in [-0.2, -0.15) is 10.1 Å². The molecule has 1 atom stereocenters. The molecule has 4 aromatic rings. The van der Waals surface area contributed by atoms with Crippen molar-refractivity contribution in [3.8, 4) is 5.75 Å². The molecule has 1 aliphatic heterocycles. The summed E-state index contributed by atoms with van der Waals surface area (Å²) in [6.45, 7) is 4.59. The van der Waals surface area contributed by atoms with Gasteiger partial charge in [0, 0.05) is 5.70 Å². The maximum atomic E-state index is 13.2. The molecule has 0 saturated heterocycles. The normalized spacial score (nSPS) is 14.7. The maximum Gasteiger partial charge on any atom is 0.338 e. The molecule has 0 aliphatic carbocycles. The predicted octanol–water partition coefficient (Wildman–Crippen LogP) is 5.20. The van der Waals surface area contributed by atoms with Crippen LogP contribution in [0, 0.1) is 6.92 Å². The number of nitrogens with zero attached hydrogens (tertiary/aromatic N) is 3. The maximum absolute atomic E-state index is 13.2. The Morgan fingerprint density at radius 3 is 2.49 bits per heavy atom. The van der Waals surface area contributed by atoms with Gasteiger partial charge in [0.1, 0.15) is 31.3 Å². The van der Waals surface area contributed by atoms with Crippen molar-refractivity contribution in [2.75, 3.05) is 5.32 Å². The zero-order chi connectivity index (χ0) is 24.2. The van der Waals surface area contributed by atoms with Crippen LogP contribution in [0.4, 0.5) is 5.95 Å². The van der Waals surface area contributed by atoms with Gasteiger partial charge >= 0.3 is 5.97 Å². The van der Waals surface area contributed by atoms with Crippen LogP contribution in [0.25, 0.3) is 0 Å². The number of hydrogen-bond acceptors (Lipinski definition) is 6. The van der Waals surface area contributed by atoms with Crippen LogP contribution in [0.5, 0.6) is 5.75 Å². The first kappa shape index (κ1) is 22.4. The van der Waals surface area contributed by atoms with Crippen LogP contribution in [0.3, 0.4) is 0 Å². The largest absolute Gasteiger partial charge is 0.489 e. The summed E-state index contributed by atoms with van der Waals surface area (Å²) < 4.78 is 13.4. The van der Waals surface area contributed by atoms with Crippen LogP contribution < -0.4 is 10.1 Å². The summed E-state index contributed by atoms with van der Waals surface area (Å²) in [7, 11) is 0. The molecule has 1 N–H and O–H groups in total. The SMILES string of the molecule is CC1=C(C(=O)OCc2ccccc2)C(c2ccc(OCc3cccc(C)c3)cc2)n2ncnc2N1. The van der Waals surface area contributed by atoms with Gasteiger partial charge in [-0.25, -0.2) is 9.48 Å². The molecule has 0 bridgehead atoms. The average Bonchev–Trinajstić information content (AvgIpc) is 3.34. The van der Waals surface area contributed by atoms with E-state index in [0.29, 0.717) is 23.8 Å². The summed E-state index contributed by atoms with van der Waals surface area (Å²) in [4.78, 5) is 17.5. The lowest BCUT2D eigenvalue weighted by atomic mass is 9.95. The average molecular weight is 467 g/mol. The number of nitrogens with one attached hydrogen (secondary N) is 1. The van der Waals surface area contributed by atoms with E-state index in [1.807, 2.05) is 73.7 Å². The lowest BCUT2D eigenvalue weighted by Crippen LogP contribution is -2.29. The smallest absolute Gasteiger partial charge is 0.338 e. The molecule has 1 unspecified atom stereocenters. The monoisotopic (exact) mass is 466 g/mol. The van der Waals surface area contributed by atoms with Crippen molar-refractivity contribution in [2.24, 2.45) is 0 Å². The highest BCUT2D eigenvalue weighted by Crippen LogP contribution is 2.36. The number of fused-ring (bicyclic) bond motifs is 1. The molecule has 0 amide bonds. The van der Waals surface area contributed by atoms with Gasteiger partial charge in [-0.05, 0) is 42.7 Å². The number of esters is 1. The lowest BCUT2D eigenvalue weighted by molar-refractivity contribution is -0.140. The topological polar surface area (TPSA) is 78.3 Å². The molecule has 176 valence electrons. The van der Waals surface area contributed by atoms with E-state index in [9.17, 15) is 4.79 Å². The van der Waals surface area contributed by atoms with E-state index in [2.05, 4.69) is 34.5 Å². The number of ether oxygens (including phenoxy) is 2. The number of rotatable bonds is 7. The fraction of sp³-hybridized carbons (Fsp3) is 0.179. The standard InChI is InChI=1S/C28H26N4O3/c1-19-7-6-10-22(15-19)17-34-24-13-11-23(12-14-24)26-25(20(2)31-28-29-18-30-32(26)28)27(33)35-16-21-8-4-3-5-9-21/h3-15,18,26H,16-17H2,1-2H3,(H,29,30,31). The summed E-state index contributed by atoms with van der Waals surface area (Å²) in [5.41, 5.74) is 5.30. The Balaban J connectivity index is 1.37. The van der Waals surface area contributed by atoms with Gasteiger partial charge in [-0.1, -0.05) is 72.3 Å². The highest BCUT2D eigenvalue weighted by atomic mass is 16.5. The highest BCUT2D eigenvalue weighted by Gasteiger charge is 2.34. The van der Waals surface area contributed by atoms with Crippen LogP contribution in [0.15, 0.2) is 96.5 Å². The number of hydrogen-bond donors (Lipinski definition) is 1. The van der Waals surface area contributed by atoms with E-state index in [-0.39, 0.29) is 6.61 Å². The van der Waals surface area contributed by atoms with Crippen molar-refractivity contribution >= 4 is 11.9 Å². The quantitative estimate of drug-likeness (QED) is 0.377. The minimum Gasteiger partial charge on any atom is -0.489 e. The molecule has 0 radical (unpaired) electrons. The molecular formula is C28H26N4O3. The van der Waals surface area contributed by atoms with E-state index in [4.69, 9.17) is 9.47 Å². The van der Waals surface area contributed by atoms with Crippen molar-refractivity contribution < 1.29 is 14.3 Å². The summed E-state index contributed by atoms with van der Waals surface area (Å²) >= 11 is 0. The molecule has 0 spiro atoms. The third-order valence-electron chi connectivity index (χ3n) is 5.91. The van der Waals surface area contributed by atoms with Crippen LogP contribution >= 0.6 is 0 Å². The second kappa shape index (κ2) is 9.85. The second-order valence-corrected chi connectivity index (χ2v) is 8.50. The zero-order valence-corrected chi connectivity index (χ0v) is 19.6. The van der Waals surface area contributed by atoms with Crippen LogP contribution in [0.1, 0.15) is 35.2 Å². The number of benzene rings is 3. The van der Waals surface area contributed by atoms with Gasteiger partial charge in [0.05, 0.1) is 5.57 Å². The van der Waals surface area contributed by atoms with E-state index in [1.165, 1.54) is 11.9 Å². The lowest BCUT2D eigenvalue weighted by Gasteiger charge is -2.28. The molecule has 0 saturated carbocycles. The Kier molecular flexibility index (Phi) is 6.30. The third kappa shape index (κ3) is 4.94. The van der Waals surface area contributed by atoms with E-state index in [0.717, 1.165) is 22.4 Å². The number of aryl methyl sites for hydroxylation is 1. The van der Waals surface area contributed by atoms with Crippen molar-refractivity contribution in [3.63, 3.8) is 0 Å². The molecule has 0 fully saturated rings. The Labute approximate surface area is 204 Å². The van der Waals surface area contributed by atoms with E-state index < -0.39 is 12.0 Å². The van der Waals surface area contributed by atoms with Crippen molar-refractivity contribution in [2.45, 2.75) is 33.1 Å². The molecule has 7 heteroatoms. The van der Waals surface area contributed by atoms with Gasteiger partial charge in [0.15, 0.2) is 0 Å². The minimum absolute atomic E-state index is 0.194. The minimum atomic E-state index is -0.470. The number of aromatic nitrogens is 3. The van der Waals surface area contributed by atoms with Crippen molar-refractivity contribution in [1.82, 2.24) is 14.8 Å². The molecule has 2 heterocycles. The second-order valence-electron chi connectivity index (χ2n) is 8.50. The number of carbonyl (C=O) groups excluding carboxylic acids is 1. The molecular weight excluding hydrogens is 440 g/mol. The van der Waals surface area contributed by atoms with Crippen LogP contribution in [0.2, 0.25) is 0 Å². The first-order valence-corrected chi connectivity index (χ1v) is 11.4. The Morgan fingerprint density at radius 2 is 1.71 bits per heavy atom. The third-order valence-corrected chi connectivity index (χ3v) is 5.91. The fourth-order valence-corrected chi connectivity index (χ4v) is 4.18. The van der Waals surface area contributed by atoms with Crippen LogP contribution in [-0.2, 0) is 22.7 Å². The summed E-state index contributed by atoms with van der Waals surface area (Å²) in [5.74, 6) is 0.925. The molecule has 7 nitrogen and oxygen atoms in total. The molecule has 1 aromatic heterocycles. The van der Waals surface area contributed by atoms with Gasteiger partial charge in [-0.3, -0.25) is 0 Å². The van der Waals surface area contributed by atoms with Crippen molar-refractivity contribution in [1.29, 1.82) is 0 Å². The van der Waals surface area contributed by atoms with Gasteiger partial charge in [0.2, 0.25) is 5.95 Å². The van der Waals surface area contributed by atoms with Gasteiger partial charge < -0.3 is 14.8 Å². The first-order valence-electron chi connectivity index (χ1n) is 11.4. The van der Waals surface area contributed by atoms with Crippen molar-refractivity contribution in [3.05, 3.63) is 119 Å². The highest BCUT2D eigenvalue weighted by molar-refractivity contribution is 5.92.